The van der Waals surface area contributed by atoms with E-state index in [0.29, 0.717) is 17.2 Å². The minimum atomic E-state index is -0.930. The van der Waals surface area contributed by atoms with Gasteiger partial charge in [-0.2, -0.15) is 0 Å². The van der Waals surface area contributed by atoms with E-state index in [1.807, 2.05) is 26.0 Å². The zero-order chi connectivity index (χ0) is 14.9. The molecule has 0 bridgehead atoms. The van der Waals surface area contributed by atoms with E-state index in [1.165, 1.54) is 0 Å². The number of ketones is 1. The van der Waals surface area contributed by atoms with Crippen LogP contribution in [0.3, 0.4) is 0 Å². The van der Waals surface area contributed by atoms with Gasteiger partial charge in [0.2, 0.25) is 0 Å². The lowest BCUT2D eigenvalue weighted by atomic mass is 9.89. The third-order valence-corrected chi connectivity index (χ3v) is 3.43. The van der Waals surface area contributed by atoms with Gasteiger partial charge in [-0.15, -0.1) is 0 Å². The summed E-state index contributed by atoms with van der Waals surface area (Å²) < 4.78 is 16.4. The molecule has 1 aromatic carbocycles. The second-order valence-corrected chi connectivity index (χ2v) is 5.31. The molecule has 0 N–H and O–H groups in total. The summed E-state index contributed by atoms with van der Waals surface area (Å²) in [6.45, 7) is 5.52. The van der Waals surface area contributed by atoms with Crippen LogP contribution in [-0.4, -0.2) is 25.6 Å². The van der Waals surface area contributed by atoms with Crippen LogP contribution in [-0.2, 0) is 4.79 Å². The first-order valence-corrected chi connectivity index (χ1v) is 6.60. The maximum atomic E-state index is 12.3. The van der Waals surface area contributed by atoms with Crippen molar-refractivity contribution in [3.8, 4) is 17.2 Å². The van der Waals surface area contributed by atoms with Crippen LogP contribution >= 0.6 is 0 Å². The highest BCUT2D eigenvalue weighted by Crippen LogP contribution is 2.40. The van der Waals surface area contributed by atoms with Gasteiger partial charge in [-0.1, -0.05) is 19.9 Å². The van der Waals surface area contributed by atoms with Crippen LogP contribution in [0.25, 0.3) is 6.08 Å². The molecule has 0 fully saturated rings. The number of fused-ring (bicyclic) bond motifs is 1. The Morgan fingerprint density at radius 1 is 1.20 bits per heavy atom. The van der Waals surface area contributed by atoms with Crippen LogP contribution < -0.4 is 14.2 Å². The lowest BCUT2D eigenvalue weighted by Crippen LogP contribution is -2.43. The van der Waals surface area contributed by atoms with Gasteiger partial charge in [0.05, 0.1) is 14.2 Å². The number of ether oxygens (including phenoxy) is 3. The van der Waals surface area contributed by atoms with Crippen molar-refractivity contribution in [2.45, 2.75) is 26.4 Å². The highest BCUT2D eigenvalue weighted by molar-refractivity contribution is 5.93. The highest BCUT2D eigenvalue weighted by Gasteiger charge is 2.37. The van der Waals surface area contributed by atoms with Gasteiger partial charge in [0.25, 0.3) is 0 Å². The number of carbonyl (C=O) groups is 1. The number of rotatable bonds is 4. The molecule has 0 saturated carbocycles. The number of benzene rings is 1. The van der Waals surface area contributed by atoms with E-state index in [-0.39, 0.29) is 11.7 Å². The topological polar surface area (TPSA) is 44.8 Å². The predicted octanol–water partition coefficient (Wildman–Crippen LogP) is 3.09. The highest BCUT2D eigenvalue weighted by atomic mass is 16.5. The molecule has 1 atom stereocenters. The Bertz CT molecular complexity index is 560. The van der Waals surface area contributed by atoms with Gasteiger partial charge in [0.15, 0.2) is 22.9 Å². The Hall–Kier alpha value is -1.97. The van der Waals surface area contributed by atoms with Crippen LogP contribution in [0.1, 0.15) is 26.3 Å². The molecular weight excluding hydrogens is 256 g/mol. The number of hydrogen-bond donors (Lipinski definition) is 0. The quantitative estimate of drug-likeness (QED) is 0.847. The van der Waals surface area contributed by atoms with Gasteiger partial charge in [-0.25, -0.2) is 0 Å². The van der Waals surface area contributed by atoms with Gasteiger partial charge in [-0.3, -0.25) is 4.79 Å². The van der Waals surface area contributed by atoms with E-state index < -0.39 is 5.60 Å². The molecule has 0 saturated heterocycles. The Morgan fingerprint density at radius 3 is 2.35 bits per heavy atom. The summed E-state index contributed by atoms with van der Waals surface area (Å²) in [5.41, 5.74) is -0.0579. The molecule has 108 valence electrons. The van der Waals surface area contributed by atoms with Crippen molar-refractivity contribution in [2.24, 2.45) is 5.92 Å². The van der Waals surface area contributed by atoms with Crippen molar-refractivity contribution < 1.29 is 19.0 Å². The standard InChI is InChI=1S/C16H20O4/c1-10(2)15(17)16(3)7-6-11-8-13(18-4)14(19-5)9-12(11)20-16/h6-10H,1-5H3. The summed E-state index contributed by atoms with van der Waals surface area (Å²) in [5, 5.41) is 0. The van der Waals surface area contributed by atoms with E-state index in [1.54, 1.807) is 33.3 Å². The Morgan fingerprint density at radius 2 is 1.80 bits per heavy atom. The van der Waals surface area contributed by atoms with Crippen LogP contribution in [0.2, 0.25) is 0 Å². The molecule has 2 rings (SSSR count). The van der Waals surface area contributed by atoms with E-state index >= 15 is 0 Å². The molecule has 1 unspecified atom stereocenters. The zero-order valence-corrected chi connectivity index (χ0v) is 12.5. The lowest BCUT2D eigenvalue weighted by molar-refractivity contribution is -0.133. The summed E-state index contributed by atoms with van der Waals surface area (Å²) >= 11 is 0. The first-order chi connectivity index (χ1) is 9.41. The van der Waals surface area contributed by atoms with Crippen LogP contribution in [0, 0.1) is 5.92 Å². The molecule has 20 heavy (non-hydrogen) atoms. The molecule has 0 aromatic heterocycles. The second kappa shape index (κ2) is 5.19. The van der Waals surface area contributed by atoms with Crippen molar-refractivity contribution in [3.05, 3.63) is 23.8 Å². The third kappa shape index (κ3) is 2.38. The maximum absolute atomic E-state index is 12.3. The molecule has 0 radical (unpaired) electrons. The first kappa shape index (κ1) is 14.4. The van der Waals surface area contributed by atoms with Crippen LogP contribution in [0.4, 0.5) is 0 Å². The molecule has 4 nitrogen and oxygen atoms in total. The molecule has 0 amide bonds. The largest absolute Gasteiger partial charge is 0.493 e. The zero-order valence-electron chi connectivity index (χ0n) is 12.5. The van der Waals surface area contributed by atoms with Crippen molar-refractivity contribution in [2.75, 3.05) is 14.2 Å². The Balaban J connectivity index is 2.43. The van der Waals surface area contributed by atoms with Gasteiger partial charge >= 0.3 is 0 Å². The Labute approximate surface area is 119 Å². The molecular formula is C16H20O4. The molecule has 1 aromatic rings. The van der Waals surface area contributed by atoms with Crippen molar-refractivity contribution >= 4 is 11.9 Å². The van der Waals surface area contributed by atoms with E-state index in [0.717, 1.165) is 5.56 Å². The number of Topliss-reactive ketones (excluding diaryl/α,β-unsaturated/α-hetero) is 1. The minimum absolute atomic E-state index is 0.0502. The summed E-state index contributed by atoms with van der Waals surface area (Å²) in [5.74, 6) is 1.81. The third-order valence-electron chi connectivity index (χ3n) is 3.43. The molecule has 1 aliphatic rings. The van der Waals surface area contributed by atoms with Gasteiger partial charge in [-0.05, 0) is 19.1 Å². The minimum Gasteiger partial charge on any atom is -0.493 e. The van der Waals surface area contributed by atoms with Crippen molar-refractivity contribution in [3.63, 3.8) is 0 Å². The van der Waals surface area contributed by atoms with Crippen LogP contribution in [0.15, 0.2) is 18.2 Å². The van der Waals surface area contributed by atoms with Gasteiger partial charge in [0, 0.05) is 17.5 Å². The second-order valence-electron chi connectivity index (χ2n) is 5.31. The smallest absolute Gasteiger partial charge is 0.183 e. The van der Waals surface area contributed by atoms with Gasteiger partial charge in [0.1, 0.15) is 5.75 Å². The van der Waals surface area contributed by atoms with E-state index in [4.69, 9.17) is 14.2 Å². The fourth-order valence-electron chi connectivity index (χ4n) is 2.31. The normalized spacial score (nSPS) is 20.3. The average Bonchev–Trinajstić information content (AvgIpc) is 2.44. The molecule has 1 heterocycles. The monoisotopic (exact) mass is 276 g/mol. The fraction of sp³-hybridized carbons (Fsp3) is 0.438. The number of methoxy groups -OCH3 is 2. The molecule has 1 aliphatic heterocycles. The summed E-state index contributed by atoms with van der Waals surface area (Å²) in [7, 11) is 3.16. The van der Waals surface area contributed by atoms with Crippen molar-refractivity contribution in [1.82, 2.24) is 0 Å². The summed E-state index contributed by atoms with van der Waals surface area (Å²) in [6, 6.07) is 3.59. The maximum Gasteiger partial charge on any atom is 0.183 e. The SMILES string of the molecule is COc1cc2c(cc1OC)OC(C)(C(=O)C(C)C)C=C2. The first-order valence-electron chi connectivity index (χ1n) is 6.60. The van der Waals surface area contributed by atoms with Crippen molar-refractivity contribution in [1.29, 1.82) is 0 Å². The lowest BCUT2D eigenvalue weighted by Gasteiger charge is -2.32. The van der Waals surface area contributed by atoms with E-state index in [2.05, 4.69) is 0 Å². The number of carbonyl (C=O) groups excluding carboxylic acids is 1. The Kier molecular flexibility index (Phi) is 3.75. The molecule has 4 heteroatoms. The summed E-state index contributed by atoms with van der Waals surface area (Å²) in [6.07, 6.45) is 3.69. The molecule has 0 aliphatic carbocycles. The molecule has 0 spiro atoms. The van der Waals surface area contributed by atoms with Crippen LogP contribution in [0.5, 0.6) is 17.2 Å². The predicted molar refractivity (Wildman–Crippen MR) is 77.5 cm³/mol. The van der Waals surface area contributed by atoms with E-state index in [9.17, 15) is 4.79 Å². The summed E-state index contributed by atoms with van der Waals surface area (Å²) in [4.78, 5) is 12.3. The fourth-order valence-corrected chi connectivity index (χ4v) is 2.31. The number of hydrogen-bond acceptors (Lipinski definition) is 4. The van der Waals surface area contributed by atoms with Gasteiger partial charge < -0.3 is 14.2 Å². The average molecular weight is 276 g/mol.